The molecule has 0 atom stereocenters. The summed E-state index contributed by atoms with van der Waals surface area (Å²) >= 11 is 0. The Morgan fingerprint density at radius 1 is 0.415 bits per heavy atom. The van der Waals surface area contributed by atoms with Crippen LogP contribution in [0.5, 0.6) is 0 Å². The molecule has 0 fully saturated rings. The lowest BCUT2D eigenvalue weighted by Gasteiger charge is -2.13. The molecule has 0 unspecified atom stereocenters. The van der Waals surface area contributed by atoms with Crippen molar-refractivity contribution in [3.8, 4) is 73.4 Å². The number of hydrogen-bond acceptors (Lipinski definition) is 4. The highest BCUT2D eigenvalue weighted by molar-refractivity contribution is 6.23. The predicted molar refractivity (Wildman–Crippen MR) is 271 cm³/mol. The summed E-state index contributed by atoms with van der Waals surface area (Å²) in [7, 11) is 0. The van der Waals surface area contributed by atoms with Crippen LogP contribution in [0.4, 0.5) is 0 Å². The van der Waals surface area contributed by atoms with Gasteiger partial charge in [-0.3, -0.25) is 0 Å². The van der Waals surface area contributed by atoms with Gasteiger partial charge in [-0.25, -0.2) is 19.9 Å². The molecule has 0 saturated carbocycles. The lowest BCUT2D eigenvalue weighted by Crippen LogP contribution is -2.00. The number of nitrogens with zero attached hydrogens (tertiary/aromatic N) is 5. The summed E-state index contributed by atoms with van der Waals surface area (Å²) < 4.78 is 2.36. The van der Waals surface area contributed by atoms with Crippen molar-refractivity contribution in [2.45, 2.75) is 13.8 Å². The fourth-order valence-electron chi connectivity index (χ4n) is 8.80. The van der Waals surface area contributed by atoms with Crippen LogP contribution in [0.25, 0.3) is 112 Å². The minimum absolute atomic E-state index is 0.618. The molecule has 5 nitrogen and oxygen atoms in total. The average Bonchev–Trinajstić information content (AvgIpc) is 3.74. The maximum Gasteiger partial charge on any atom is 0.164 e. The summed E-state index contributed by atoms with van der Waals surface area (Å²) in [6.07, 6.45) is 6.22. The van der Waals surface area contributed by atoms with E-state index in [4.69, 9.17) is 19.9 Å². The highest BCUT2D eigenvalue weighted by Gasteiger charge is 2.21. The molecule has 0 aliphatic heterocycles. The zero-order valence-electron chi connectivity index (χ0n) is 36.1. The van der Waals surface area contributed by atoms with Crippen LogP contribution in [0.2, 0.25) is 0 Å². The normalized spacial score (nSPS) is 11.9. The van der Waals surface area contributed by atoms with Gasteiger partial charge < -0.3 is 4.57 Å². The van der Waals surface area contributed by atoms with E-state index in [-0.39, 0.29) is 0 Å². The smallest absolute Gasteiger partial charge is 0.164 e. The molecule has 308 valence electrons. The standard InChI is InChI=1S/C60H43N5/c1-3-4-15-40(2)41-24-34-47(35-25-41)58-62-59(48-36-28-43(29-37-48)42-16-7-5-8-17-42)64-60(63-58)49-38-30-45(31-39-49)44-26-32-46(33-27-44)56-57-55(51-20-11-13-22-53(51)61-56)52-21-12-14-23-54(52)65(57)50-18-9-6-10-19-50/h3-39H,1-2H3/b4-3-,40-15+. The second kappa shape index (κ2) is 17.0. The van der Waals surface area contributed by atoms with Gasteiger partial charge in [-0.1, -0.05) is 200 Å². The second-order valence-corrected chi connectivity index (χ2v) is 16.2. The summed E-state index contributed by atoms with van der Waals surface area (Å²) in [5.74, 6) is 1.87. The third kappa shape index (κ3) is 7.49. The summed E-state index contributed by atoms with van der Waals surface area (Å²) in [6.45, 7) is 4.15. The molecule has 0 spiro atoms. The van der Waals surface area contributed by atoms with E-state index in [0.717, 1.165) is 77.8 Å². The number of benzene rings is 8. The molecule has 0 N–H and O–H groups in total. The summed E-state index contributed by atoms with van der Waals surface area (Å²) in [5, 5.41) is 3.57. The maximum absolute atomic E-state index is 5.36. The first kappa shape index (κ1) is 39.3. The van der Waals surface area contributed by atoms with Crippen LogP contribution in [-0.4, -0.2) is 24.5 Å². The van der Waals surface area contributed by atoms with Crippen molar-refractivity contribution in [2.24, 2.45) is 0 Å². The van der Waals surface area contributed by atoms with E-state index >= 15 is 0 Å². The van der Waals surface area contributed by atoms with Crippen LogP contribution in [0.3, 0.4) is 0 Å². The number of aromatic nitrogens is 5. The zero-order valence-corrected chi connectivity index (χ0v) is 36.1. The summed E-state index contributed by atoms with van der Waals surface area (Å²) in [5.41, 5.74) is 16.0. The molecule has 5 heteroatoms. The van der Waals surface area contributed by atoms with Gasteiger partial charge >= 0.3 is 0 Å². The lowest BCUT2D eigenvalue weighted by atomic mass is 9.99. The third-order valence-corrected chi connectivity index (χ3v) is 12.2. The molecule has 65 heavy (non-hydrogen) atoms. The topological polar surface area (TPSA) is 56.5 Å². The van der Waals surface area contributed by atoms with E-state index in [9.17, 15) is 0 Å². The molecule has 0 amide bonds. The fourth-order valence-corrected chi connectivity index (χ4v) is 8.80. The molecule has 0 saturated heterocycles. The van der Waals surface area contributed by atoms with E-state index in [0.29, 0.717) is 17.5 Å². The maximum atomic E-state index is 5.36. The van der Waals surface area contributed by atoms with Crippen molar-refractivity contribution in [1.29, 1.82) is 0 Å². The molecular weight excluding hydrogens is 791 g/mol. The van der Waals surface area contributed by atoms with Gasteiger partial charge in [0.2, 0.25) is 0 Å². The molecule has 0 radical (unpaired) electrons. The first-order valence-corrected chi connectivity index (χ1v) is 22.0. The summed E-state index contributed by atoms with van der Waals surface area (Å²) in [4.78, 5) is 20.5. The van der Waals surface area contributed by atoms with E-state index < -0.39 is 0 Å². The summed E-state index contributed by atoms with van der Waals surface area (Å²) in [6, 6.07) is 72.3. The predicted octanol–water partition coefficient (Wildman–Crippen LogP) is 15.5. The van der Waals surface area contributed by atoms with E-state index in [1.807, 2.05) is 19.1 Å². The van der Waals surface area contributed by atoms with Gasteiger partial charge in [0.25, 0.3) is 0 Å². The van der Waals surface area contributed by atoms with Gasteiger partial charge in [0, 0.05) is 44.1 Å². The number of rotatable bonds is 9. The van der Waals surface area contributed by atoms with Crippen LogP contribution >= 0.6 is 0 Å². The van der Waals surface area contributed by atoms with Crippen molar-refractivity contribution >= 4 is 38.3 Å². The van der Waals surface area contributed by atoms with Crippen molar-refractivity contribution in [3.63, 3.8) is 0 Å². The Bertz CT molecular complexity index is 3550. The van der Waals surface area contributed by atoms with Crippen LogP contribution in [0.15, 0.2) is 224 Å². The van der Waals surface area contributed by atoms with Crippen LogP contribution in [-0.2, 0) is 0 Å². The molecule has 3 aromatic heterocycles. The Morgan fingerprint density at radius 2 is 0.862 bits per heavy atom. The van der Waals surface area contributed by atoms with Crippen molar-refractivity contribution in [1.82, 2.24) is 24.5 Å². The van der Waals surface area contributed by atoms with Gasteiger partial charge in [-0.05, 0) is 71.5 Å². The third-order valence-electron chi connectivity index (χ3n) is 12.2. The molecule has 0 bridgehead atoms. The number of allylic oxidation sites excluding steroid dienone is 4. The number of hydrogen-bond donors (Lipinski definition) is 0. The van der Waals surface area contributed by atoms with Crippen molar-refractivity contribution < 1.29 is 0 Å². The minimum Gasteiger partial charge on any atom is -0.307 e. The lowest BCUT2D eigenvalue weighted by molar-refractivity contribution is 1.07. The van der Waals surface area contributed by atoms with Gasteiger partial charge in [0.1, 0.15) is 0 Å². The Labute approximate surface area is 378 Å². The molecule has 11 aromatic rings. The highest BCUT2D eigenvalue weighted by atomic mass is 15.0. The number of pyridine rings is 1. The number of fused-ring (bicyclic) bond motifs is 5. The molecular formula is C60H43N5. The molecule has 3 heterocycles. The highest BCUT2D eigenvalue weighted by Crippen LogP contribution is 2.41. The minimum atomic E-state index is 0.618. The van der Waals surface area contributed by atoms with Crippen LogP contribution < -0.4 is 0 Å². The molecule has 8 aromatic carbocycles. The van der Waals surface area contributed by atoms with Gasteiger partial charge in [-0.2, -0.15) is 0 Å². The largest absolute Gasteiger partial charge is 0.307 e. The number of para-hydroxylation sites is 3. The van der Waals surface area contributed by atoms with Crippen molar-refractivity contribution in [3.05, 3.63) is 230 Å². The van der Waals surface area contributed by atoms with E-state index in [2.05, 4.69) is 224 Å². The Balaban J connectivity index is 0.960. The van der Waals surface area contributed by atoms with Gasteiger partial charge in [0.15, 0.2) is 17.5 Å². The quantitative estimate of drug-likeness (QED) is 0.136. The first-order valence-electron chi connectivity index (χ1n) is 22.0. The first-order chi connectivity index (χ1) is 32.1. The van der Waals surface area contributed by atoms with Gasteiger partial charge in [0.05, 0.1) is 22.2 Å². The SMILES string of the molecule is C/C=C\C=C(/C)c1ccc(-c2nc(-c3ccc(-c4ccccc4)cc3)nc(-c3ccc(-c4ccc(-c5nc6ccccc6c6c7ccccc7n(-c7ccccc7)c56)cc4)cc3)n2)cc1. The van der Waals surface area contributed by atoms with Gasteiger partial charge in [-0.15, -0.1) is 0 Å². The second-order valence-electron chi connectivity index (χ2n) is 16.2. The van der Waals surface area contributed by atoms with Crippen molar-refractivity contribution in [2.75, 3.05) is 0 Å². The van der Waals surface area contributed by atoms with E-state index in [1.54, 1.807) is 0 Å². The fraction of sp³-hybridized carbons (Fsp3) is 0.0333. The molecule has 0 aliphatic carbocycles. The Kier molecular flexibility index (Phi) is 10.3. The zero-order chi connectivity index (χ0) is 43.7. The van der Waals surface area contributed by atoms with E-state index in [1.165, 1.54) is 21.9 Å². The Morgan fingerprint density at radius 3 is 1.43 bits per heavy atom. The average molecular weight is 834 g/mol. The van der Waals surface area contributed by atoms with Crippen LogP contribution in [0.1, 0.15) is 19.4 Å². The van der Waals surface area contributed by atoms with Crippen LogP contribution in [0, 0.1) is 0 Å². The molecule has 0 aliphatic rings. The Hall–Kier alpha value is -8.54. The monoisotopic (exact) mass is 833 g/mol. The molecule has 11 rings (SSSR count).